The van der Waals surface area contributed by atoms with Crippen molar-refractivity contribution in [3.05, 3.63) is 88.0 Å². The standard InChI is InChI=1S/C32H37NO5/c1-20-14-25(15-21(2)30(20)22(3)34)29-9-8-27(33-32(31(35)36)10-12-37-13-11-32)16-26(29)19-38-28-17-23-6-4-5-7-24(23)18-28/h4-9,14-16,22,28,33-34H,10-13,17-19H2,1-3H3,(H,35,36). The minimum atomic E-state index is -1.04. The number of nitrogens with one attached hydrogen (secondary N) is 1. The van der Waals surface area contributed by atoms with Crippen molar-refractivity contribution in [1.29, 1.82) is 0 Å². The molecule has 1 saturated heterocycles. The molecule has 1 aliphatic heterocycles. The Balaban J connectivity index is 1.47. The molecule has 5 rings (SSSR count). The summed E-state index contributed by atoms with van der Waals surface area (Å²) in [5, 5.41) is 23.6. The molecule has 38 heavy (non-hydrogen) atoms. The highest BCUT2D eigenvalue weighted by Crippen LogP contribution is 2.35. The van der Waals surface area contributed by atoms with E-state index in [4.69, 9.17) is 9.47 Å². The molecule has 0 aromatic heterocycles. The Hall–Kier alpha value is -3.19. The van der Waals surface area contributed by atoms with Gasteiger partial charge < -0.3 is 25.0 Å². The Morgan fingerprint density at radius 2 is 1.68 bits per heavy atom. The molecule has 1 aliphatic carbocycles. The number of benzene rings is 3. The molecule has 1 heterocycles. The van der Waals surface area contributed by atoms with Gasteiger partial charge in [0, 0.05) is 31.7 Å². The zero-order valence-electron chi connectivity index (χ0n) is 22.4. The lowest BCUT2D eigenvalue weighted by Crippen LogP contribution is -2.50. The average molecular weight is 516 g/mol. The van der Waals surface area contributed by atoms with Crippen LogP contribution in [-0.4, -0.2) is 41.0 Å². The molecule has 6 nitrogen and oxygen atoms in total. The van der Waals surface area contributed by atoms with Gasteiger partial charge in [-0.1, -0.05) is 42.5 Å². The van der Waals surface area contributed by atoms with Crippen LogP contribution < -0.4 is 5.32 Å². The molecule has 2 aliphatic rings. The third-order valence-electron chi connectivity index (χ3n) is 8.06. The fourth-order valence-electron chi connectivity index (χ4n) is 6.09. The third kappa shape index (κ3) is 5.35. The van der Waals surface area contributed by atoms with Crippen LogP contribution in [0.5, 0.6) is 0 Å². The molecular weight excluding hydrogens is 478 g/mol. The molecule has 1 atom stereocenters. The minimum absolute atomic E-state index is 0.110. The lowest BCUT2D eigenvalue weighted by Gasteiger charge is -2.35. The molecule has 0 radical (unpaired) electrons. The highest BCUT2D eigenvalue weighted by atomic mass is 16.5. The summed E-state index contributed by atoms with van der Waals surface area (Å²) in [6.45, 7) is 7.11. The summed E-state index contributed by atoms with van der Waals surface area (Å²) in [5.74, 6) is -0.855. The summed E-state index contributed by atoms with van der Waals surface area (Å²) < 4.78 is 11.9. The van der Waals surface area contributed by atoms with E-state index in [1.165, 1.54) is 11.1 Å². The molecule has 200 valence electrons. The fraction of sp³-hybridized carbons (Fsp3) is 0.406. The number of carbonyl (C=O) groups is 1. The van der Waals surface area contributed by atoms with Gasteiger partial charge >= 0.3 is 5.97 Å². The predicted molar refractivity (Wildman–Crippen MR) is 148 cm³/mol. The molecule has 0 saturated carbocycles. The highest BCUT2D eigenvalue weighted by Gasteiger charge is 2.40. The zero-order valence-corrected chi connectivity index (χ0v) is 22.4. The van der Waals surface area contributed by atoms with Crippen molar-refractivity contribution in [3.8, 4) is 11.1 Å². The van der Waals surface area contributed by atoms with Crippen LogP contribution in [0.3, 0.4) is 0 Å². The SMILES string of the molecule is Cc1cc(-c2ccc(NC3(C(=O)O)CCOCC3)cc2COC2Cc3ccccc3C2)cc(C)c1C(C)O. The van der Waals surface area contributed by atoms with Crippen LogP contribution >= 0.6 is 0 Å². The van der Waals surface area contributed by atoms with E-state index in [-0.39, 0.29) is 6.10 Å². The van der Waals surface area contributed by atoms with E-state index in [2.05, 4.69) is 47.8 Å². The molecule has 3 N–H and O–H groups in total. The maximum absolute atomic E-state index is 12.3. The van der Waals surface area contributed by atoms with Crippen LogP contribution in [0.15, 0.2) is 54.6 Å². The molecule has 0 amide bonds. The number of carboxylic acid groups (broad SMARTS) is 1. The molecule has 3 aromatic carbocycles. The van der Waals surface area contributed by atoms with Crippen LogP contribution in [0.25, 0.3) is 11.1 Å². The zero-order chi connectivity index (χ0) is 26.9. The maximum Gasteiger partial charge on any atom is 0.329 e. The smallest absolute Gasteiger partial charge is 0.329 e. The van der Waals surface area contributed by atoms with Gasteiger partial charge in [0.15, 0.2) is 0 Å². The second-order valence-electron chi connectivity index (χ2n) is 10.8. The van der Waals surface area contributed by atoms with E-state index in [0.29, 0.717) is 32.7 Å². The normalized spacial score (nSPS) is 17.7. The Morgan fingerprint density at radius 1 is 1.05 bits per heavy atom. The first-order valence-corrected chi connectivity index (χ1v) is 13.5. The molecular formula is C32H37NO5. The summed E-state index contributed by atoms with van der Waals surface area (Å²) in [6.07, 6.45) is 2.19. The maximum atomic E-state index is 12.3. The van der Waals surface area contributed by atoms with Crippen molar-refractivity contribution in [3.63, 3.8) is 0 Å². The molecule has 0 spiro atoms. The molecule has 0 bridgehead atoms. The number of anilines is 1. The first kappa shape index (κ1) is 26.4. The van der Waals surface area contributed by atoms with Gasteiger partial charge in [-0.3, -0.25) is 0 Å². The van der Waals surface area contributed by atoms with E-state index in [1.807, 2.05) is 26.0 Å². The van der Waals surface area contributed by atoms with E-state index in [1.54, 1.807) is 6.92 Å². The van der Waals surface area contributed by atoms with Crippen LogP contribution in [0.2, 0.25) is 0 Å². The van der Waals surface area contributed by atoms with Gasteiger partial charge in [0.2, 0.25) is 0 Å². The van der Waals surface area contributed by atoms with Crippen molar-refractivity contribution >= 4 is 11.7 Å². The molecule has 6 heteroatoms. The lowest BCUT2D eigenvalue weighted by atomic mass is 9.89. The van der Waals surface area contributed by atoms with Gasteiger partial charge in [0.05, 0.1) is 18.8 Å². The van der Waals surface area contributed by atoms with Gasteiger partial charge in [-0.05, 0) is 90.3 Å². The number of hydrogen-bond acceptors (Lipinski definition) is 5. The van der Waals surface area contributed by atoms with Gasteiger partial charge in [-0.2, -0.15) is 0 Å². The predicted octanol–water partition coefficient (Wildman–Crippen LogP) is 5.75. The summed E-state index contributed by atoms with van der Waals surface area (Å²) >= 11 is 0. The number of fused-ring (bicyclic) bond motifs is 1. The van der Waals surface area contributed by atoms with E-state index < -0.39 is 17.6 Å². The van der Waals surface area contributed by atoms with Crippen molar-refractivity contribution in [2.45, 2.75) is 70.8 Å². The second kappa shape index (κ2) is 10.9. The Labute approximate surface area is 224 Å². The third-order valence-corrected chi connectivity index (χ3v) is 8.06. The topological polar surface area (TPSA) is 88.0 Å². The minimum Gasteiger partial charge on any atom is -0.480 e. The molecule has 1 unspecified atom stereocenters. The number of aryl methyl sites for hydroxylation is 2. The number of aliphatic hydroxyl groups is 1. The van der Waals surface area contributed by atoms with Crippen molar-refractivity contribution in [2.75, 3.05) is 18.5 Å². The molecule has 1 fully saturated rings. The van der Waals surface area contributed by atoms with Gasteiger partial charge in [-0.25, -0.2) is 4.79 Å². The van der Waals surface area contributed by atoms with Gasteiger partial charge in [0.1, 0.15) is 5.54 Å². The van der Waals surface area contributed by atoms with Crippen molar-refractivity contribution in [2.24, 2.45) is 0 Å². The summed E-state index contributed by atoms with van der Waals surface area (Å²) in [4.78, 5) is 12.3. The van der Waals surface area contributed by atoms with Crippen molar-refractivity contribution in [1.82, 2.24) is 0 Å². The van der Waals surface area contributed by atoms with Crippen LogP contribution in [-0.2, 0) is 33.7 Å². The first-order valence-electron chi connectivity index (χ1n) is 13.5. The average Bonchev–Trinajstić information content (AvgIpc) is 3.30. The van der Waals surface area contributed by atoms with Gasteiger partial charge in [-0.15, -0.1) is 0 Å². The number of hydrogen-bond donors (Lipinski definition) is 3. The Bertz CT molecular complexity index is 1280. The summed E-state index contributed by atoms with van der Waals surface area (Å²) in [5.41, 5.74) is 8.56. The highest BCUT2D eigenvalue weighted by molar-refractivity contribution is 5.83. The number of rotatable bonds is 8. The second-order valence-corrected chi connectivity index (χ2v) is 10.8. The van der Waals surface area contributed by atoms with Crippen LogP contribution in [0, 0.1) is 13.8 Å². The first-order chi connectivity index (χ1) is 18.3. The van der Waals surface area contributed by atoms with E-state index in [0.717, 1.165) is 51.9 Å². The Morgan fingerprint density at radius 3 is 2.26 bits per heavy atom. The molecule has 3 aromatic rings. The largest absolute Gasteiger partial charge is 0.480 e. The van der Waals surface area contributed by atoms with Gasteiger partial charge in [0.25, 0.3) is 0 Å². The number of carboxylic acids is 1. The van der Waals surface area contributed by atoms with Crippen LogP contribution in [0.4, 0.5) is 5.69 Å². The van der Waals surface area contributed by atoms with E-state index in [9.17, 15) is 15.0 Å². The number of aliphatic hydroxyl groups excluding tert-OH is 1. The number of aliphatic carboxylic acids is 1. The van der Waals surface area contributed by atoms with Crippen LogP contribution in [0.1, 0.15) is 59.3 Å². The monoisotopic (exact) mass is 515 g/mol. The lowest BCUT2D eigenvalue weighted by molar-refractivity contribution is -0.145. The Kier molecular flexibility index (Phi) is 7.57. The number of ether oxygens (including phenoxy) is 2. The summed E-state index contributed by atoms with van der Waals surface area (Å²) in [6, 6.07) is 18.8. The summed E-state index contributed by atoms with van der Waals surface area (Å²) in [7, 11) is 0. The quantitative estimate of drug-likeness (QED) is 0.354. The fourth-order valence-corrected chi connectivity index (χ4v) is 6.09. The van der Waals surface area contributed by atoms with Crippen molar-refractivity contribution < 1.29 is 24.5 Å². The van der Waals surface area contributed by atoms with E-state index >= 15 is 0 Å².